The fraction of sp³-hybridized carbons (Fsp3) is 0.0833. The van der Waals surface area contributed by atoms with Gasteiger partial charge in [0.2, 0.25) is 10.0 Å². The van der Waals surface area contributed by atoms with Gasteiger partial charge in [0.05, 0.1) is 0 Å². The summed E-state index contributed by atoms with van der Waals surface area (Å²) in [5.74, 6) is -1.02. The highest BCUT2D eigenvalue weighted by Gasteiger charge is 2.14. The van der Waals surface area contributed by atoms with Gasteiger partial charge in [-0.3, -0.25) is 0 Å². The molecule has 2 aromatic heterocycles. The number of carboxylic acids is 1. The third kappa shape index (κ3) is 4.01. The van der Waals surface area contributed by atoms with E-state index in [1.54, 1.807) is 29.0 Å². The normalized spacial score (nSPS) is 12.0. The van der Waals surface area contributed by atoms with Gasteiger partial charge in [0.15, 0.2) is 0 Å². The molecule has 0 bridgehead atoms. The molecule has 0 amide bonds. The maximum atomic E-state index is 11.9. The lowest BCUT2D eigenvalue weighted by molar-refractivity contribution is -0.131. The molecule has 0 unspecified atom stereocenters. The number of sulfonamides is 1. The zero-order chi connectivity index (χ0) is 14.6. The number of carbonyl (C=O) groups is 1. The average Bonchev–Trinajstić information content (AvgIpc) is 3.06. The summed E-state index contributed by atoms with van der Waals surface area (Å²) in [6.45, 7) is 0.186. The lowest BCUT2D eigenvalue weighted by Gasteiger charge is -2.02. The molecule has 8 heteroatoms. The van der Waals surface area contributed by atoms with E-state index in [1.807, 2.05) is 0 Å². The molecular formula is C12H11NO4S3. The molecule has 20 heavy (non-hydrogen) atoms. The van der Waals surface area contributed by atoms with Crippen molar-refractivity contribution in [2.45, 2.75) is 10.8 Å². The van der Waals surface area contributed by atoms with Crippen molar-refractivity contribution in [1.82, 2.24) is 4.72 Å². The second kappa shape index (κ2) is 6.31. The number of thiophene rings is 2. The zero-order valence-corrected chi connectivity index (χ0v) is 12.6. The van der Waals surface area contributed by atoms with Gasteiger partial charge in [-0.05, 0) is 34.5 Å². The van der Waals surface area contributed by atoms with Gasteiger partial charge in [0.25, 0.3) is 0 Å². The first-order chi connectivity index (χ1) is 9.47. The fourth-order valence-electron chi connectivity index (χ4n) is 1.40. The third-order valence-corrected chi connectivity index (χ3v) is 6.04. The Kier molecular flexibility index (Phi) is 4.71. The summed E-state index contributed by atoms with van der Waals surface area (Å²) in [5, 5.41) is 12.0. The molecule has 2 aromatic rings. The van der Waals surface area contributed by atoms with E-state index in [0.717, 1.165) is 27.9 Å². The molecule has 0 spiro atoms. The smallest absolute Gasteiger partial charge is 0.328 e. The zero-order valence-electron chi connectivity index (χ0n) is 10.1. The van der Waals surface area contributed by atoms with Crippen molar-refractivity contribution in [3.63, 3.8) is 0 Å². The predicted molar refractivity (Wildman–Crippen MR) is 79.3 cm³/mol. The largest absolute Gasteiger partial charge is 0.478 e. The second-order valence-corrected chi connectivity index (χ2v) is 7.71. The van der Waals surface area contributed by atoms with E-state index in [4.69, 9.17) is 5.11 Å². The average molecular weight is 329 g/mol. The molecule has 2 heterocycles. The minimum Gasteiger partial charge on any atom is -0.478 e. The van der Waals surface area contributed by atoms with Crippen molar-refractivity contribution in [1.29, 1.82) is 0 Å². The SMILES string of the molecule is O=C(O)C=Cc1csc(CNS(=O)(=O)c2cccs2)c1. The van der Waals surface area contributed by atoms with Gasteiger partial charge in [0, 0.05) is 17.5 Å². The quantitative estimate of drug-likeness (QED) is 0.797. The van der Waals surface area contributed by atoms with Crippen LogP contribution in [0.4, 0.5) is 0 Å². The molecule has 0 saturated heterocycles. The Morgan fingerprint density at radius 1 is 1.40 bits per heavy atom. The van der Waals surface area contributed by atoms with Crippen LogP contribution in [0.15, 0.2) is 39.2 Å². The Balaban J connectivity index is 2.00. The summed E-state index contributed by atoms with van der Waals surface area (Å²) in [5.41, 5.74) is 0.739. The summed E-state index contributed by atoms with van der Waals surface area (Å²) in [4.78, 5) is 11.2. The molecule has 2 N–H and O–H groups in total. The first kappa shape index (κ1) is 14.9. The highest BCUT2D eigenvalue weighted by Crippen LogP contribution is 2.19. The minimum absolute atomic E-state index is 0.186. The molecule has 0 aliphatic heterocycles. The van der Waals surface area contributed by atoms with Gasteiger partial charge in [-0.2, -0.15) is 0 Å². The molecule has 2 rings (SSSR count). The van der Waals surface area contributed by atoms with Gasteiger partial charge < -0.3 is 5.11 Å². The molecule has 0 aliphatic rings. The van der Waals surface area contributed by atoms with Gasteiger partial charge in [-0.15, -0.1) is 22.7 Å². The van der Waals surface area contributed by atoms with Crippen LogP contribution < -0.4 is 4.72 Å². The number of carboxylic acid groups (broad SMARTS) is 1. The Hall–Kier alpha value is -1.48. The lowest BCUT2D eigenvalue weighted by atomic mass is 10.3. The molecule has 106 valence electrons. The summed E-state index contributed by atoms with van der Waals surface area (Å²) in [6, 6.07) is 4.97. The molecule has 0 aromatic carbocycles. The van der Waals surface area contributed by atoms with Gasteiger partial charge >= 0.3 is 5.97 Å². The highest BCUT2D eigenvalue weighted by atomic mass is 32.2. The summed E-state index contributed by atoms with van der Waals surface area (Å²) in [7, 11) is -3.47. The Labute approximate surface area is 124 Å². The first-order valence-electron chi connectivity index (χ1n) is 5.49. The van der Waals surface area contributed by atoms with Crippen molar-refractivity contribution in [3.05, 3.63) is 45.5 Å². The summed E-state index contributed by atoms with van der Waals surface area (Å²) >= 11 is 2.53. The fourth-order valence-corrected chi connectivity index (χ4v) is 4.33. The van der Waals surface area contributed by atoms with Crippen LogP contribution in [0.1, 0.15) is 10.4 Å². The number of nitrogens with one attached hydrogen (secondary N) is 1. The van der Waals surface area contributed by atoms with E-state index in [-0.39, 0.29) is 10.8 Å². The van der Waals surface area contributed by atoms with E-state index in [2.05, 4.69) is 4.72 Å². The topological polar surface area (TPSA) is 83.5 Å². The summed E-state index contributed by atoms with van der Waals surface area (Å²) < 4.78 is 26.6. The number of rotatable bonds is 6. The predicted octanol–water partition coefficient (Wildman–Crippen LogP) is 2.39. The number of hydrogen-bond acceptors (Lipinski definition) is 5. The van der Waals surface area contributed by atoms with E-state index in [1.165, 1.54) is 17.4 Å². The second-order valence-electron chi connectivity index (χ2n) is 3.77. The van der Waals surface area contributed by atoms with Crippen molar-refractivity contribution in [2.75, 3.05) is 0 Å². The van der Waals surface area contributed by atoms with Crippen LogP contribution in [0, 0.1) is 0 Å². The minimum atomic E-state index is -3.47. The van der Waals surface area contributed by atoms with Crippen molar-refractivity contribution < 1.29 is 18.3 Å². The van der Waals surface area contributed by atoms with Crippen LogP contribution in [-0.2, 0) is 21.4 Å². The molecule has 0 saturated carbocycles. The van der Waals surface area contributed by atoms with Crippen LogP contribution in [0.25, 0.3) is 6.08 Å². The molecule has 5 nitrogen and oxygen atoms in total. The standard InChI is InChI=1S/C12H11NO4S3/c14-11(15)4-3-9-6-10(19-8-9)7-13-20(16,17)12-2-1-5-18-12/h1-6,8,13H,7H2,(H,14,15). The number of aliphatic carboxylic acids is 1. The monoisotopic (exact) mass is 329 g/mol. The van der Waals surface area contributed by atoms with Crippen molar-refractivity contribution in [3.8, 4) is 0 Å². The van der Waals surface area contributed by atoms with E-state index >= 15 is 0 Å². The van der Waals surface area contributed by atoms with E-state index < -0.39 is 16.0 Å². The van der Waals surface area contributed by atoms with Crippen LogP contribution in [0.3, 0.4) is 0 Å². The molecule has 0 aliphatic carbocycles. The maximum absolute atomic E-state index is 11.9. The molecular weight excluding hydrogens is 318 g/mol. The van der Waals surface area contributed by atoms with Gasteiger partial charge in [0.1, 0.15) is 4.21 Å². The van der Waals surface area contributed by atoms with Crippen LogP contribution in [-0.4, -0.2) is 19.5 Å². The van der Waals surface area contributed by atoms with Crippen molar-refractivity contribution in [2.24, 2.45) is 0 Å². The first-order valence-corrected chi connectivity index (χ1v) is 8.73. The van der Waals surface area contributed by atoms with E-state index in [9.17, 15) is 13.2 Å². The van der Waals surface area contributed by atoms with E-state index in [0.29, 0.717) is 0 Å². The van der Waals surface area contributed by atoms with Crippen LogP contribution in [0.2, 0.25) is 0 Å². The van der Waals surface area contributed by atoms with Crippen LogP contribution in [0.5, 0.6) is 0 Å². The third-order valence-electron chi connectivity index (χ3n) is 2.29. The van der Waals surface area contributed by atoms with Crippen molar-refractivity contribution >= 4 is 44.7 Å². The maximum Gasteiger partial charge on any atom is 0.328 e. The summed E-state index contributed by atoms with van der Waals surface area (Å²) in [6.07, 6.45) is 2.51. The Morgan fingerprint density at radius 3 is 2.85 bits per heavy atom. The van der Waals surface area contributed by atoms with Gasteiger partial charge in [-0.1, -0.05) is 6.07 Å². The Morgan fingerprint density at radius 2 is 2.20 bits per heavy atom. The lowest BCUT2D eigenvalue weighted by Crippen LogP contribution is -2.21. The Bertz CT molecular complexity index is 714. The highest BCUT2D eigenvalue weighted by molar-refractivity contribution is 7.91. The van der Waals surface area contributed by atoms with Gasteiger partial charge in [-0.25, -0.2) is 17.9 Å². The molecule has 0 fully saturated rings. The molecule has 0 atom stereocenters. The number of hydrogen-bond donors (Lipinski definition) is 2. The van der Waals surface area contributed by atoms with Crippen LogP contribution >= 0.6 is 22.7 Å². The molecule has 0 radical (unpaired) electrons.